The van der Waals surface area contributed by atoms with Crippen molar-refractivity contribution in [2.24, 2.45) is 0 Å². The highest BCUT2D eigenvalue weighted by molar-refractivity contribution is 7.89. The van der Waals surface area contributed by atoms with Gasteiger partial charge in [0.15, 0.2) is 5.03 Å². The van der Waals surface area contributed by atoms with Crippen LogP contribution in [-0.2, 0) is 14.8 Å². The molecule has 0 saturated carbocycles. The number of ether oxygens (including phenoxy) is 1. The van der Waals surface area contributed by atoms with Crippen LogP contribution in [-0.4, -0.2) is 65.1 Å². The molecule has 1 aliphatic rings. The van der Waals surface area contributed by atoms with E-state index in [0.29, 0.717) is 0 Å². The second kappa shape index (κ2) is 10.1. The van der Waals surface area contributed by atoms with E-state index in [2.05, 4.69) is 18.1 Å². The number of nitrogens with zero attached hydrogens (tertiary/aromatic N) is 3. The van der Waals surface area contributed by atoms with Gasteiger partial charge in [0.1, 0.15) is 6.61 Å². The molecule has 1 amide bonds. The van der Waals surface area contributed by atoms with E-state index in [1.165, 1.54) is 29.3 Å². The average molecular weight is 458 g/mol. The van der Waals surface area contributed by atoms with Gasteiger partial charge in [-0.3, -0.25) is 4.90 Å². The summed E-state index contributed by atoms with van der Waals surface area (Å²) in [6, 6.07) is 11.9. The molecule has 32 heavy (non-hydrogen) atoms. The number of aromatic nitrogens is 1. The molecule has 1 aromatic heterocycles. The van der Waals surface area contributed by atoms with Crippen LogP contribution in [0.25, 0.3) is 0 Å². The lowest BCUT2D eigenvalue weighted by Crippen LogP contribution is -2.51. The molecule has 1 aliphatic heterocycles. The Balaban J connectivity index is 1.90. The van der Waals surface area contributed by atoms with Crippen LogP contribution in [0.15, 0.2) is 85.1 Å². The molecule has 8 nitrogen and oxygen atoms in total. The van der Waals surface area contributed by atoms with Crippen LogP contribution in [0.3, 0.4) is 0 Å². The first-order chi connectivity index (χ1) is 15.3. The van der Waals surface area contributed by atoms with Crippen LogP contribution < -0.4 is 0 Å². The third kappa shape index (κ3) is 4.74. The fraction of sp³-hybridized carbons (Fsp3) is 0.304. The molecule has 4 atom stereocenters. The minimum absolute atomic E-state index is 0.124. The molecular weight excluding hydrogens is 430 g/mol. The van der Waals surface area contributed by atoms with E-state index in [0.717, 1.165) is 9.87 Å². The van der Waals surface area contributed by atoms with E-state index in [1.807, 2.05) is 30.3 Å². The van der Waals surface area contributed by atoms with Crippen LogP contribution in [0, 0.1) is 0 Å². The van der Waals surface area contributed by atoms with Crippen molar-refractivity contribution in [1.29, 1.82) is 0 Å². The second-order valence-electron chi connectivity index (χ2n) is 7.42. The summed E-state index contributed by atoms with van der Waals surface area (Å²) in [6.07, 6.45) is 2.41. The lowest BCUT2D eigenvalue weighted by Gasteiger charge is -2.35. The third-order valence-corrected chi connectivity index (χ3v) is 7.29. The third-order valence-electron chi connectivity index (χ3n) is 5.43. The van der Waals surface area contributed by atoms with Gasteiger partial charge >= 0.3 is 6.09 Å². The average Bonchev–Trinajstić information content (AvgIpc) is 3.19. The summed E-state index contributed by atoms with van der Waals surface area (Å²) < 4.78 is 32.8. The summed E-state index contributed by atoms with van der Waals surface area (Å²) in [7, 11) is -4.03. The number of aliphatic hydroxyl groups excluding tert-OH is 1. The van der Waals surface area contributed by atoms with E-state index < -0.39 is 40.3 Å². The van der Waals surface area contributed by atoms with Crippen LogP contribution >= 0.6 is 0 Å². The molecule has 9 heteroatoms. The van der Waals surface area contributed by atoms with Gasteiger partial charge in [0.25, 0.3) is 10.0 Å². The van der Waals surface area contributed by atoms with Crippen molar-refractivity contribution < 1.29 is 23.1 Å². The minimum atomic E-state index is -4.03. The van der Waals surface area contributed by atoms with E-state index in [9.17, 15) is 18.3 Å². The van der Waals surface area contributed by atoms with Gasteiger partial charge in [0.05, 0.1) is 18.2 Å². The minimum Gasteiger partial charge on any atom is -0.447 e. The van der Waals surface area contributed by atoms with Crippen LogP contribution in [0.5, 0.6) is 0 Å². The van der Waals surface area contributed by atoms with Gasteiger partial charge < -0.3 is 9.84 Å². The number of hydrogen-bond acceptors (Lipinski definition) is 6. The topological polar surface area (TPSA) is 100 Å². The van der Waals surface area contributed by atoms with E-state index in [4.69, 9.17) is 4.74 Å². The number of aliphatic hydroxyl groups is 1. The number of cyclic esters (lactones) is 1. The summed E-state index contributed by atoms with van der Waals surface area (Å²) in [6.45, 7) is 8.94. The molecule has 0 unspecified atom stereocenters. The predicted molar refractivity (Wildman–Crippen MR) is 120 cm³/mol. The normalized spacial score (nSPS) is 19.3. The number of pyridine rings is 1. The first-order valence-corrected chi connectivity index (χ1v) is 11.6. The van der Waals surface area contributed by atoms with Gasteiger partial charge in [-0.15, -0.1) is 13.2 Å². The largest absolute Gasteiger partial charge is 0.447 e. The number of benzene rings is 1. The number of sulfonamides is 1. The smallest absolute Gasteiger partial charge is 0.411 e. The Kier molecular flexibility index (Phi) is 7.44. The standard InChI is InChI=1S/C23H27N3O5S/c1-4-17(3)25(32(29,30)22-13-9-10-14-24-22)15-21(27)19(5-2)26-20(16-31-23(26)28)18-11-7-6-8-12-18/h4-14,17,19-21,27H,1-2,15-16H2,3H3/t17-,19+,20-,21+/m1/s1. The molecular formula is C23H27N3O5S. The summed E-state index contributed by atoms with van der Waals surface area (Å²) >= 11 is 0. The van der Waals surface area contributed by atoms with Gasteiger partial charge in [-0.2, -0.15) is 4.31 Å². The van der Waals surface area contributed by atoms with Crippen molar-refractivity contribution in [3.8, 4) is 0 Å². The fourth-order valence-corrected chi connectivity index (χ4v) is 5.22. The zero-order valence-corrected chi connectivity index (χ0v) is 18.6. The highest BCUT2D eigenvalue weighted by Gasteiger charge is 2.42. The van der Waals surface area contributed by atoms with Crippen molar-refractivity contribution in [3.05, 3.63) is 85.6 Å². The maximum atomic E-state index is 13.2. The number of rotatable bonds is 10. The van der Waals surface area contributed by atoms with E-state index in [-0.39, 0.29) is 18.2 Å². The monoisotopic (exact) mass is 457 g/mol. The molecule has 1 N–H and O–H groups in total. The molecule has 1 aromatic carbocycles. The van der Waals surface area contributed by atoms with Gasteiger partial charge in [-0.05, 0) is 24.6 Å². The molecule has 2 heterocycles. The molecule has 0 aliphatic carbocycles. The molecule has 170 valence electrons. The molecule has 2 aromatic rings. The molecule has 0 radical (unpaired) electrons. The van der Waals surface area contributed by atoms with Crippen molar-refractivity contribution in [3.63, 3.8) is 0 Å². The molecule has 0 bridgehead atoms. The first-order valence-electron chi connectivity index (χ1n) is 10.2. The molecule has 0 spiro atoms. The molecule has 1 saturated heterocycles. The number of carbonyl (C=O) groups excluding carboxylic acids is 1. The van der Waals surface area contributed by atoms with Gasteiger partial charge in [-0.25, -0.2) is 18.2 Å². The Morgan fingerprint density at radius 1 is 1.22 bits per heavy atom. The Bertz CT molecular complexity index is 1050. The Labute approximate surface area is 188 Å². The van der Waals surface area contributed by atoms with E-state index in [1.54, 1.807) is 19.1 Å². The first kappa shape index (κ1) is 23.6. The maximum Gasteiger partial charge on any atom is 0.411 e. The van der Waals surface area contributed by atoms with Gasteiger partial charge in [-0.1, -0.05) is 48.6 Å². The Morgan fingerprint density at radius 2 is 1.91 bits per heavy atom. The van der Waals surface area contributed by atoms with Crippen LogP contribution in [0.4, 0.5) is 4.79 Å². The molecule has 1 fully saturated rings. The number of carbonyl (C=O) groups is 1. The van der Waals surface area contributed by atoms with Crippen molar-refractivity contribution in [2.45, 2.75) is 36.2 Å². The Hall–Kier alpha value is -3.01. The zero-order chi connectivity index (χ0) is 23.3. The quantitative estimate of drug-likeness (QED) is 0.551. The lowest BCUT2D eigenvalue weighted by atomic mass is 10.0. The lowest BCUT2D eigenvalue weighted by molar-refractivity contribution is 0.0625. The Morgan fingerprint density at radius 3 is 2.50 bits per heavy atom. The van der Waals surface area contributed by atoms with Gasteiger partial charge in [0.2, 0.25) is 0 Å². The van der Waals surface area contributed by atoms with E-state index >= 15 is 0 Å². The van der Waals surface area contributed by atoms with Crippen LogP contribution in [0.2, 0.25) is 0 Å². The van der Waals surface area contributed by atoms with Crippen molar-refractivity contribution in [2.75, 3.05) is 13.2 Å². The van der Waals surface area contributed by atoms with Crippen molar-refractivity contribution >= 4 is 16.1 Å². The summed E-state index contributed by atoms with van der Waals surface area (Å²) in [5, 5.41) is 11.0. The number of amides is 1. The SMILES string of the molecule is C=C[C@@H](C)N(C[C@H](O)[C@H](C=C)N1C(=O)OC[C@@H]1c1ccccc1)S(=O)(=O)c1ccccn1. The van der Waals surface area contributed by atoms with Crippen LogP contribution in [0.1, 0.15) is 18.5 Å². The van der Waals surface area contributed by atoms with Gasteiger partial charge in [0, 0.05) is 18.8 Å². The van der Waals surface area contributed by atoms with Crippen molar-refractivity contribution in [1.82, 2.24) is 14.2 Å². The summed E-state index contributed by atoms with van der Waals surface area (Å²) in [5.74, 6) is 0. The summed E-state index contributed by atoms with van der Waals surface area (Å²) in [5.41, 5.74) is 0.842. The number of hydrogen-bond donors (Lipinski definition) is 1. The summed E-state index contributed by atoms with van der Waals surface area (Å²) in [4.78, 5) is 17.9. The second-order valence-corrected chi connectivity index (χ2v) is 9.26. The maximum absolute atomic E-state index is 13.2. The highest BCUT2D eigenvalue weighted by atomic mass is 32.2. The molecule has 3 rings (SSSR count). The fourth-order valence-electron chi connectivity index (χ4n) is 3.66. The highest BCUT2D eigenvalue weighted by Crippen LogP contribution is 2.31. The predicted octanol–water partition coefficient (Wildman–Crippen LogP) is 2.76. The zero-order valence-electron chi connectivity index (χ0n) is 17.8.